The summed E-state index contributed by atoms with van der Waals surface area (Å²) in [6.45, 7) is 3.35. The summed E-state index contributed by atoms with van der Waals surface area (Å²) in [6.07, 6.45) is 0.634. The van der Waals surface area contributed by atoms with E-state index < -0.39 is 0 Å². The number of anilines is 1. The summed E-state index contributed by atoms with van der Waals surface area (Å²) in [6, 6.07) is 7.77. The van der Waals surface area contributed by atoms with Gasteiger partial charge in [0.25, 0.3) is 0 Å². The highest BCUT2D eigenvalue weighted by Crippen LogP contribution is 2.21. The van der Waals surface area contributed by atoms with Crippen molar-refractivity contribution in [1.82, 2.24) is 9.80 Å². The molecule has 2 rings (SSSR count). The van der Waals surface area contributed by atoms with Crippen LogP contribution in [0.15, 0.2) is 24.3 Å². The molecular weight excluding hydrogens is 314 g/mol. The number of rotatable bonds is 6. The topological polar surface area (TPSA) is 43.9 Å². The van der Waals surface area contributed by atoms with E-state index in [4.69, 9.17) is 11.6 Å². The molecule has 0 unspecified atom stereocenters. The number of likely N-dealkylation sites (N-methyl/N-ethyl adjacent to an activating group) is 1. The van der Waals surface area contributed by atoms with Crippen molar-refractivity contribution in [3.63, 3.8) is 0 Å². The van der Waals surface area contributed by atoms with E-state index in [1.165, 1.54) is 0 Å². The molecule has 0 bridgehead atoms. The first-order valence-electron chi connectivity index (χ1n) is 7.90. The second-order valence-electron chi connectivity index (χ2n) is 6.12. The van der Waals surface area contributed by atoms with Crippen molar-refractivity contribution in [2.45, 2.75) is 12.8 Å². The van der Waals surface area contributed by atoms with E-state index in [0.717, 1.165) is 23.8 Å². The maximum atomic E-state index is 12.2. The Morgan fingerprint density at radius 2 is 1.83 bits per heavy atom. The van der Waals surface area contributed by atoms with Crippen LogP contribution in [0, 0.1) is 0 Å². The maximum absolute atomic E-state index is 12.2. The first-order valence-corrected chi connectivity index (χ1v) is 8.28. The van der Waals surface area contributed by atoms with Crippen molar-refractivity contribution < 1.29 is 9.59 Å². The van der Waals surface area contributed by atoms with Crippen molar-refractivity contribution in [3.8, 4) is 0 Å². The highest BCUT2D eigenvalue weighted by Gasteiger charge is 2.21. The average Bonchev–Trinajstić information content (AvgIpc) is 2.52. The molecule has 0 saturated carbocycles. The SMILES string of the molecule is CN(C)CC(=O)CCC(=O)N1CCN(c2cccc(Cl)c2)CC1. The number of carbonyl (C=O) groups is 2. The van der Waals surface area contributed by atoms with E-state index in [9.17, 15) is 9.59 Å². The van der Waals surface area contributed by atoms with Gasteiger partial charge in [-0.1, -0.05) is 17.7 Å². The molecule has 0 aromatic heterocycles. The molecule has 5 nitrogen and oxygen atoms in total. The van der Waals surface area contributed by atoms with Crippen LogP contribution < -0.4 is 4.90 Å². The first-order chi connectivity index (χ1) is 11.0. The summed E-state index contributed by atoms with van der Waals surface area (Å²) in [5.74, 6) is 0.184. The van der Waals surface area contributed by atoms with Crippen LogP contribution in [0.1, 0.15) is 12.8 Å². The summed E-state index contributed by atoms with van der Waals surface area (Å²) in [4.78, 5) is 29.8. The lowest BCUT2D eigenvalue weighted by atomic mass is 10.1. The predicted molar refractivity (Wildman–Crippen MR) is 93.0 cm³/mol. The van der Waals surface area contributed by atoms with Gasteiger partial charge in [-0.15, -0.1) is 0 Å². The van der Waals surface area contributed by atoms with Gasteiger partial charge in [-0.25, -0.2) is 0 Å². The van der Waals surface area contributed by atoms with Gasteiger partial charge in [0.1, 0.15) is 5.78 Å². The van der Waals surface area contributed by atoms with Crippen molar-refractivity contribution in [2.24, 2.45) is 0 Å². The Morgan fingerprint density at radius 1 is 1.13 bits per heavy atom. The van der Waals surface area contributed by atoms with Crippen LogP contribution in [-0.4, -0.2) is 68.3 Å². The number of hydrogen-bond donors (Lipinski definition) is 0. The molecule has 1 aliphatic heterocycles. The number of halogens is 1. The first kappa shape index (κ1) is 17.8. The molecule has 1 heterocycles. The maximum Gasteiger partial charge on any atom is 0.223 e. The summed E-state index contributed by atoms with van der Waals surface area (Å²) < 4.78 is 0. The van der Waals surface area contributed by atoms with Gasteiger partial charge >= 0.3 is 0 Å². The van der Waals surface area contributed by atoms with Gasteiger partial charge in [-0.3, -0.25) is 9.59 Å². The van der Waals surface area contributed by atoms with Gasteiger partial charge in [-0.05, 0) is 32.3 Å². The van der Waals surface area contributed by atoms with Gasteiger partial charge < -0.3 is 14.7 Å². The van der Waals surface area contributed by atoms with Crippen molar-refractivity contribution in [2.75, 3.05) is 51.7 Å². The van der Waals surface area contributed by atoms with Crippen LogP contribution >= 0.6 is 11.6 Å². The lowest BCUT2D eigenvalue weighted by Gasteiger charge is -2.36. The number of piperazine rings is 1. The monoisotopic (exact) mass is 337 g/mol. The van der Waals surface area contributed by atoms with E-state index in [-0.39, 0.29) is 11.7 Å². The predicted octanol–water partition coefficient (Wildman–Crippen LogP) is 1.90. The Balaban J connectivity index is 1.77. The fraction of sp³-hybridized carbons (Fsp3) is 0.529. The highest BCUT2D eigenvalue weighted by molar-refractivity contribution is 6.30. The Morgan fingerprint density at radius 3 is 2.43 bits per heavy atom. The molecule has 1 aromatic carbocycles. The molecule has 1 amide bonds. The highest BCUT2D eigenvalue weighted by atomic mass is 35.5. The van der Waals surface area contributed by atoms with E-state index in [0.29, 0.717) is 32.5 Å². The third-order valence-corrected chi connectivity index (χ3v) is 4.15. The Kier molecular flexibility index (Phi) is 6.42. The fourth-order valence-electron chi connectivity index (χ4n) is 2.72. The number of amides is 1. The minimum atomic E-state index is 0.0721. The second-order valence-corrected chi connectivity index (χ2v) is 6.56. The Hall–Kier alpha value is -1.59. The lowest BCUT2D eigenvalue weighted by Crippen LogP contribution is -2.48. The van der Waals surface area contributed by atoms with Crippen LogP contribution in [0.25, 0.3) is 0 Å². The average molecular weight is 338 g/mol. The minimum Gasteiger partial charge on any atom is -0.368 e. The molecule has 0 N–H and O–H groups in total. The van der Waals surface area contributed by atoms with Crippen LogP contribution in [0.2, 0.25) is 5.02 Å². The molecule has 23 heavy (non-hydrogen) atoms. The van der Waals surface area contributed by atoms with Gasteiger partial charge in [-0.2, -0.15) is 0 Å². The molecule has 0 aliphatic carbocycles. The zero-order valence-corrected chi connectivity index (χ0v) is 14.6. The molecule has 1 aliphatic rings. The van der Waals surface area contributed by atoms with Crippen molar-refractivity contribution >= 4 is 29.0 Å². The van der Waals surface area contributed by atoms with E-state index >= 15 is 0 Å². The summed E-state index contributed by atoms with van der Waals surface area (Å²) in [5.41, 5.74) is 1.09. The van der Waals surface area contributed by atoms with E-state index in [2.05, 4.69) is 4.90 Å². The molecular formula is C17H24ClN3O2. The van der Waals surface area contributed by atoms with Gasteiger partial charge in [0, 0.05) is 49.7 Å². The van der Waals surface area contributed by atoms with Crippen molar-refractivity contribution in [3.05, 3.63) is 29.3 Å². The second kappa shape index (κ2) is 8.31. The van der Waals surface area contributed by atoms with Crippen molar-refractivity contribution in [1.29, 1.82) is 0 Å². The lowest BCUT2D eigenvalue weighted by molar-refractivity contribution is -0.133. The zero-order chi connectivity index (χ0) is 16.8. The fourth-order valence-corrected chi connectivity index (χ4v) is 2.91. The molecule has 126 valence electrons. The third kappa shape index (κ3) is 5.52. The largest absolute Gasteiger partial charge is 0.368 e. The minimum absolute atomic E-state index is 0.0721. The zero-order valence-electron chi connectivity index (χ0n) is 13.8. The molecule has 0 atom stereocenters. The number of Topliss-reactive ketones (excluding diaryl/α,β-unsaturated/α-hetero) is 1. The molecule has 1 aromatic rings. The molecule has 1 fully saturated rings. The Bertz CT molecular complexity index is 555. The Labute approximate surface area is 142 Å². The van der Waals surface area contributed by atoms with Crippen LogP contribution in [0.3, 0.4) is 0 Å². The third-order valence-electron chi connectivity index (χ3n) is 3.92. The number of ketones is 1. The summed E-state index contributed by atoms with van der Waals surface area (Å²) in [7, 11) is 3.71. The van der Waals surface area contributed by atoms with Crippen LogP contribution in [0.5, 0.6) is 0 Å². The molecule has 0 spiro atoms. The quantitative estimate of drug-likeness (QED) is 0.795. The number of carbonyl (C=O) groups excluding carboxylic acids is 2. The van der Waals surface area contributed by atoms with Gasteiger partial charge in [0.2, 0.25) is 5.91 Å². The standard InChI is InChI=1S/C17H24ClN3O2/c1-19(2)13-16(22)6-7-17(23)21-10-8-20(9-11-21)15-5-3-4-14(18)12-15/h3-5,12H,6-11,13H2,1-2H3. The summed E-state index contributed by atoms with van der Waals surface area (Å²) >= 11 is 6.02. The van der Waals surface area contributed by atoms with E-state index in [1.807, 2.05) is 48.2 Å². The molecule has 6 heteroatoms. The molecule has 0 radical (unpaired) electrons. The van der Waals surface area contributed by atoms with Crippen LogP contribution in [-0.2, 0) is 9.59 Å². The molecule has 1 saturated heterocycles. The van der Waals surface area contributed by atoms with Gasteiger partial charge in [0.15, 0.2) is 0 Å². The van der Waals surface area contributed by atoms with Gasteiger partial charge in [0.05, 0.1) is 6.54 Å². The van der Waals surface area contributed by atoms with E-state index in [1.54, 1.807) is 0 Å². The number of nitrogens with zero attached hydrogens (tertiary/aromatic N) is 3. The number of hydrogen-bond acceptors (Lipinski definition) is 4. The smallest absolute Gasteiger partial charge is 0.223 e. The normalized spacial score (nSPS) is 15.1. The summed E-state index contributed by atoms with van der Waals surface area (Å²) in [5, 5.41) is 0.723. The number of benzene rings is 1. The van der Waals surface area contributed by atoms with Crippen LogP contribution in [0.4, 0.5) is 5.69 Å².